The van der Waals surface area contributed by atoms with E-state index < -0.39 is 0 Å². The molecule has 0 unspecified atom stereocenters. The fourth-order valence-corrected chi connectivity index (χ4v) is 8.83. The van der Waals surface area contributed by atoms with Gasteiger partial charge in [-0.3, -0.25) is 0 Å². The highest BCUT2D eigenvalue weighted by molar-refractivity contribution is 6.27. The van der Waals surface area contributed by atoms with Crippen molar-refractivity contribution in [1.82, 2.24) is 0 Å². The molecule has 0 amide bonds. The van der Waals surface area contributed by atoms with Crippen molar-refractivity contribution in [3.8, 4) is 22.3 Å². The summed E-state index contributed by atoms with van der Waals surface area (Å²) in [5.74, 6) is 0. The maximum Gasteiger partial charge on any atom is 0.0159 e. The van der Waals surface area contributed by atoms with Gasteiger partial charge in [-0.25, -0.2) is 0 Å². The van der Waals surface area contributed by atoms with E-state index in [0.717, 1.165) is 0 Å². The highest BCUT2D eigenvalue weighted by atomic mass is 14.5. The molecule has 0 aromatic heterocycles. The normalized spacial score (nSPS) is 16.0. The van der Waals surface area contributed by atoms with Crippen molar-refractivity contribution in [3.05, 3.63) is 131 Å². The molecule has 0 nitrogen and oxygen atoms in total. The second-order valence-electron chi connectivity index (χ2n) is 13.7. The van der Waals surface area contributed by atoms with Gasteiger partial charge in [-0.05, 0) is 117 Å². The van der Waals surface area contributed by atoms with E-state index in [-0.39, 0.29) is 10.8 Å². The Morgan fingerprint density at radius 3 is 1.71 bits per heavy atom. The predicted molar refractivity (Wildman–Crippen MR) is 180 cm³/mol. The van der Waals surface area contributed by atoms with Gasteiger partial charge in [-0.15, -0.1) is 0 Å². The molecule has 2 aliphatic rings. The first-order chi connectivity index (χ1) is 20.3. The first kappa shape index (κ1) is 22.9. The molecule has 0 N–H and O–H groups in total. The third kappa shape index (κ3) is 2.53. The molecular formula is C42H30. The van der Waals surface area contributed by atoms with E-state index in [4.69, 9.17) is 0 Å². The third-order valence-corrected chi connectivity index (χ3v) is 10.9. The van der Waals surface area contributed by atoms with Gasteiger partial charge < -0.3 is 0 Å². The lowest BCUT2D eigenvalue weighted by molar-refractivity contribution is 0.652. The quantitative estimate of drug-likeness (QED) is 0.170. The molecule has 42 heavy (non-hydrogen) atoms. The van der Waals surface area contributed by atoms with Gasteiger partial charge in [0.2, 0.25) is 0 Å². The lowest BCUT2D eigenvalue weighted by Gasteiger charge is -2.24. The number of hydrogen-bond donors (Lipinski definition) is 0. The van der Waals surface area contributed by atoms with E-state index in [1.165, 1.54) is 98.4 Å². The molecule has 0 heterocycles. The lowest BCUT2D eigenvalue weighted by Crippen LogP contribution is -2.17. The third-order valence-electron chi connectivity index (χ3n) is 10.9. The van der Waals surface area contributed by atoms with Crippen molar-refractivity contribution in [3.63, 3.8) is 0 Å². The molecule has 0 bridgehead atoms. The summed E-state index contributed by atoms with van der Waals surface area (Å²) < 4.78 is 0. The van der Waals surface area contributed by atoms with Gasteiger partial charge in [0, 0.05) is 10.8 Å². The molecule has 0 radical (unpaired) electrons. The van der Waals surface area contributed by atoms with E-state index in [0.29, 0.717) is 0 Å². The van der Waals surface area contributed by atoms with Crippen molar-refractivity contribution < 1.29 is 0 Å². The fraction of sp³-hybridized carbons (Fsp3) is 0.143. The van der Waals surface area contributed by atoms with Crippen LogP contribution in [0.4, 0.5) is 0 Å². The predicted octanol–water partition coefficient (Wildman–Crippen LogP) is 11.5. The maximum absolute atomic E-state index is 2.58. The lowest BCUT2D eigenvalue weighted by atomic mass is 9.79. The molecule has 2 aliphatic carbocycles. The van der Waals surface area contributed by atoms with Crippen LogP contribution in [0.3, 0.4) is 0 Å². The standard InChI is InChI=1S/C42H30/c1-41(2)32-19-17-26-13-12-23-8-5-6-11-28(23)37(26)40(32)31-22-33-30(21-34(31)41)39-29-18-16-25-10-7-9-24-14-15-27(38(29)36(24)25)20-35(39)42(33,3)4/h5-22H,1-4H3. The van der Waals surface area contributed by atoms with Gasteiger partial charge in [0.05, 0.1) is 0 Å². The van der Waals surface area contributed by atoms with Crippen LogP contribution in [-0.2, 0) is 10.8 Å². The molecular weight excluding hydrogens is 504 g/mol. The Kier molecular flexibility index (Phi) is 3.93. The Balaban J connectivity index is 1.35. The minimum Gasteiger partial charge on any atom is -0.0616 e. The summed E-state index contributed by atoms with van der Waals surface area (Å²) in [5.41, 5.74) is 11.3. The summed E-state index contributed by atoms with van der Waals surface area (Å²) in [4.78, 5) is 0. The molecule has 8 aromatic carbocycles. The molecule has 0 atom stereocenters. The number of hydrogen-bond acceptors (Lipinski definition) is 0. The van der Waals surface area contributed by atoms with Crippen LogP contribution in [0.1, 0.15) is 49.9 Å². The largest absolute Gasteiger partial charge is 0.0616 e. The summed E-state index contributed by atoms with van der Waals surface area (Å²) in [6.45, 7) is 9.71. The second kappa shape index (κ2) is 7.20. The van der Waals surface area contributed by atoms with Crippen LogP contribution < -0.4 is 0 Å². The number of rotatable bonds is 0. The van der Waals surface area contributed by atoms with Crippen molar-refractivity contribution in [2.24, 2.45) is 0 Å². The van der Waals surface area contributed by atoms with Crippen molar-refractivity contribution in [2.45, 2.75) is 38.5 Å². The first-order valence-corrected chi connectivity index (χ1v) is 15.2. The Hall–Kier alpha value is -4.68. The van der Waals surface area contributed by atoms with Gasteiger partial charge in [0.25, 0.3) is 0 Å². The van der Waals surface area contributed by atoms with Crippen molar-refractivity contribution >= 4 is 53.9 Å². The Labute approximate surface area is 245 Å². The molecule has 0 saturated carbocycles. The van der Waals surface area contributed by atoms with Crippen LogP contribution >= 0.6 is 0 Å². The maximum atomic E-state index is 2.58. The molecule has 198 valence electrons. The average Bonchev–Trinajstić information content (AvgIpc) is 3.37. The SMILES string of the molecule is CC1(C)c2cc3c(cc2-c2c1cc1ccc4cccc5ccc2c1c45)C(C)(C)c1ccc2ccc4ccccc4c2c1-3. The van der Waals surface area contributed by atoms with E-state index in [9.17, 15) is 0 Å². The van der Waals surface area contributed by atoms with Gasteiger partial charge in [0.1, 0.15) is 0 Å². The average molecular weight is 535 g/mol. The molecule has 8 aromatic rings. The minimum atomic E-state index is -0.0936. The smallest absolute Gasteiger partial charge is 0.0159 e. The fourth-order valence-electron chi connectivity index (χ4n) is 8.83. The van der Waals surface area contributed by atoms with E-state index in [1.54, 1.807) is 0 Å². The molecule has 0 spiro atoms. The zero-order valence-corrected chi connectivity index (χ0v) is 24.4. The molecule has 0 fully saturated rings. The van der Waals surface area contributed by atoms with Gasteiger partial charge in [0.15, 0.2) is 0 Å². The van der Waals surface area contributed by atoms with Crippen LogP contribution in [0, 0.1) is 0 Å². The number of benzene rings is 8. The van der Waals surface area contributed by atoms with Gasteiger partial charge >= 0.3 is 0 Å². The molecule has 10 rings (SSSR count). The molecule has 0 heteroatoms. The zero-order valence-electron chi connectivity index (χ0n) is 24.4. The highest BCUT2D eigenvalue weighted by Gasteiger charge is 2.43. The van der Waals surface area contributed by atoms with Crippen molar-refractivity contribution in [1.29, 1.82) is 0 Å². The number of fused-ring (bicyclic) bond motifs is 11. The summed E-state index contributed by atoms with van der Waals surface area (Å²) in [6, 6.07) is 41.9. The first-order valence-electron chi connectivity index (χ1n) is 15.2. The second-order valence-corrected chi connectivity index (χ2v) is 13.7. The Morgan fingerprint density at radius 1 is 0.357 bits per heavy atom. The highest BCUT2D eigenvalue weighted by Crippen LogP contribution is 2.59. The summed E-state index contributed by atoms with van der Waals surface area (Å²) in [6.07, 6.45) is 0. The summed E-state index contributed by atoms with van der Waals surface area (Å²) >= 11 is 0. The molecule has 0 aliphatic heterocycles. The van der Waals surface area contributed by atoms with Crippen LogP contribution in [-0.4, -0.2) is 0 Å². The van der Waals surface area contributed by atoms with Gasteiger partial charge in [-0.1, -0.05) is 119 Å². The van der Waals surface area contributed by atoms with Gasteiger partial charge in [-0.2, -0.15) is 0 Å². The molecule has 0 saturated heterocycles. The minimum absolute atomic E-state index is 0.0818. The summed E-state index contributed by atoms with van der Waals surface area (Å²) in [7, 11) is 0. The summed E-state index contributed by atoms with van der Waals surface area (Å²) in [5, 5.41) is 13.6. The van der Waals surface area contributed by atoms with Crippen LogP contribution in [0.5, 0.6) is 0 Å². The monoisotopic (exact) mass is 534 g/mol. The van der Waals surface area contributed by atoms with Crippen LogP contribution in [0.2, 0.25) is 0 Å². The topological polar surface area (TPSA) is 0 Å². The zero-order chi connectivity index (χ0) is 28.1. The Morgan fingerprint density at radius 2 is 0.929 bits per heavy atom. The Bertz CT molecular complexity index is 2490. The van der Waals surface area contributed by atoms with E-state index in [1.807, 2.05) is 0 Å². The van der Waals surface area contributed by atoms with E-state index in [2.05, 4.69) is 137 Å². The van der Waals surface area contributed by atoms with E-state index >= 15 is 0 Å². The van der Waals surface area contributed by atoms with Crippen LogP contribution in [0.25, 0.3) is 76.1 Å². The van der Waals surface area contributed by atoms with Crippen LogP contribution in [0.15, 0.2) is 109 Å². The van der Waals surface area contributed by atoms with Crippen molar-refractivity contribution in [2.75, 3.05) is 0 Å².